The summed E-state index contributed by atoms with van der Waals surface area (Å²) in [6.45, 7) is 4.62. The van der Waals surface area contributed by atoms with Crippen LogP contribution in [0.3, 0.4) is 0 Å². The molecule has 1 unspecified atom stereocenters. The summed E-state index contributed by atoms with van der Waals surface area (Å²) in [5.74, 6) is 0.277. The number of nitrogens with one attached hydrogen (secondary N) is 1. The molecule has 0 aliphatic carbocycles. The van der Waals surface area contributed by atoms with Gasteiger partial charge in [0.05, 0.1) is 17.6 Å². The quantitative estimate of drug-likeness (QED) is 0.798. The average molecular weight is 285 g/mol. The molecule has 1 N–H and O–H groups in total. The van der Waals surface area contributed by atoms with Gasteiger partial charge >= 0.3 is 0 Å². The van der Waals surface area contributed by atoms with E-state index in [1.807, 2.05) is 26.0 Å². The highest BCUT2D eigenvalue weighted by Gasteiger charge is 2.20. The number of para-hydroxylation sites is 1. The number of hydrogen-bond donors (Lipinski definition) is 1. The van der Waals surface area contributed by atoms with Crippen LogP contribution >= 0.6 is 0 Å². The van der Waals surface area contributed by atoms with Crippen LogP contribution in [0.4, 0.5) is 4.39 Å². The lowest BCUT2D eigenvalue weighted by molar-refractivity contribution is 0.459. The van der Waals surface area contributed by atoms with Crippen LogP contribution in [0.2, 0.25) is 0 Å². The van der Waals surface area contributed by atoms with Crippen molar-refractivity contribution >= 4 is 11.0 Å². The number of benzene rings is 1. The zero-order chi connectivity index (χ0) is 14.8. The Morgan fingerprint density at radius 2 is 2.14 bits per heavy atom. The van der Waals surface area contributed by atoms with Crippen molar-refractivity contribution in [1.82, 2.24) is 15.3 Å². The van der Waals surface area contributed by atoms with Gasteiger partial charge in [-0.15, -0.1) is 0 Å². The molecule has 3 aromatic rings. The minimum absolute atomic E-state index is 0.241. The molecule has 0 amide bonds. The molecule has 21 heavy (non-hydrogen) atoms. The van der Waals surface area contributed by atoms with Crippen LogP contribution in [-0.4, -0.2) is 16.5 Å². The summed E-state index contributed by atoms with van der Waals surface area (Å²) < 4.78 is 19.5. The maximum absolute atomic E-state index is 13.8. The van der Waals surface area contributed by atoms with Crippen molar-refractivity contribution in [3.63, 3.8) is 0 Å². The molecule has 4 nitrogen and oxygen atoms in total. The van der Waals surface area contributed by atoms with Gasteiger partial charge in [-0.3, -0.25) is 9.97 Å². The first-order valence-corrected chi connectivity index (χ1v) is 6.89. The Bertz CT molecular complexity index is 752. The highest BCUT2D eigenvalue weighted by atomic mass is 19.1. The molecular weight excluding hydrogens is 269 g/mol. The molecular formula is C16H16FN3O. The van der Waals surface area contributed by atoms with Gasteiger partial charge in [0.15, 0.2) is 11.4 Å². The van der Waals surface area contributed by atoms with E-state index in [9.17, 15) is 4.39 Å². The minimum atomic E-state index is -0.357. The summed E-state index contributed by atoms with van der Waals surface area (Å²) in [4.78, 5) is 8.65. The van der Waals surface area contributed by atoms with Crippen molar-refractivity contribution in [2.24, 2.45) is 0 Å². The summed E-state index contributed by atoms with van der Waals surface area (Å²) >= 11 is 0. The molecule has 0 bridgehead atoms. The van der Waals surface area contributed by atoms with Crippen LogP contribution in [0.1, 0.15) is 30.1 Å². The van der Waals surface area contributed by atoms with E-state index in [0.717, 1.165) is 23.3 Å². The number of rotatable bonds is 4. The lowest BCUT2D eigenvalue weighted by Crippen LogP contribution is -2.22. The standard InChI is InChI=1S/C16H16FN3O/c1-3-18-15(13-9-19-10(2)8-20-13)14-7-11-5-4-6-12(17)16(11)21-14/h4-9,15,18H,3H2,1-2H3. The molecule has 0 fully saturated rings. The summed E-state index contributed by atoms with van der Waals surface area (Å²) in [5.41, 5.74) is 1.88. The van der Waals surface area contributed by atoms with Gasteiger partial charge in [-0.25, -0.2) is 4.39 Å². The van der Waals surface area contributed by atoms with Crippen molar-refractivity contribution in [3.05, 3.63) is 59.6 Å². The molecule has 108 valence electrons. The molecule has 0 aliphatic rings. The Morgan fingerprint density at radius 3 is 2.81 bits per heavy atom. The van der Waals surface area contributed by atoms with Crippen LogP contribution in [-0.2, 0) is 0 Å². The zero-order valence-electron chi connectivity index (χ0n) is 11.9. The van der Waals surface area contributed by atoms with Gasteiger partial charge < -0.3 is 9.73 Å². The van der Waals surface area contributed by atoms with Gasteiger partial charge in [-0.05, 0) is 25.6 Å². The van der Waals surface area contributed by atoms with Gasteiger partial charge in [0.2, 0.25) is 0 Å². The first-order chi connectivity index (χ1) is 10.2. The van der Waals surface area contributed by atoms with Crippen molar-refractivity contribution in [2.75, 3.05) is 6.54 Å². The topological polar surface area (TPSA) is 51.0 Å². The van der Waals surface area contributed by atoms with Gasteiger partial charge in [0.25, 0.3) is 0 Å². The van der Waals surface area contributed by atoms with Crippen LogP contribution in [0.15, 0.2) is 41.1 Å². The minimum Gasteiger partial charge on any atom is -0.456 e. The molecule has 3 rings (SSSR count). The number of fused-ring (bicyclic) bond motifs is 1. The second kappa shape index (κ2) is 5.61. The molecule has 1 atom stereocenters. The third-order valence-electron chi connectivity index (χ3n) is 3.30. The van der Waals surface area contributed by atoms with Crippen LogP contribution in [0.25, 0.3) is 11.0 Å². The number of aryl methyl sites for hydroxylation is 1. The zero-order valence-corrected chi connectivity index (χ0v) is 11.9. The Morgan fingerprint density at radius 1 is 1.29 bits per heavy atom. The summed E-state index contributed by atoms with van der Waals surface area (Å²) in [6, 6.07) is 6.49. The molecule has 0 aliphatic heterocycles. The highest BCUT2D eigenvalue weighted by Crippen LogP contribution is 2.28. The van der Waals surface area contributed by atoms with E-state index in [1.165, 1.54) is 6.07 Å². The smallest absolute Gasteiger partial charge is 0.169 e. The van der Waals surface area contributed by atoms with E-state index in [2.05, 4.69) is 15.3 Å². The van der Waals surface area contributed by atoms with Gasteiger partial charge in [-0.1, -0.05) is 19.1 Å². The van der Waals surface area contributed by atoms with Crippen molar-refractivity contribution in [2.45, 2.75) is 19.9 Å². The monoisotopic (exact) mass is 285 g/mol. The Hall–Kier alpha value is -2.27. The Kier molecular flexibility index (Phi) is 3.66. The molecule has 2 aromatic heterocycles. The number of hydrogen-bond acceptors (Lipinski definition) is 4. The van der Waals surface area contributed by atoms with Crippen LogP contribution in [0, 0.1) is 12.7 Å². The van der Waals surface area contributed by atoms with E-state index in [1.54, 1.807) is 18.5 Å². The number of halogens is 1. The van der Waals surface area contributed by atoms with Crippen LogP contribution < -0.4 is 5.32 Å². The first kappa shape index (κ1) is 13.7. The molecule has 0 radical (unpaired) electrons. The van der Waals surface area contributed by atoms with Crippen molar-refractivity contribution < 1.29 is 8.81 Å². The first-order valence-electron chi connectivity index (χ1n) is 6.89. The third kappa shape index (κ3) is 2.64. The summed E-state index contributed by atoms with van der Waals surface area (Å²) in [6.07, 6.45) is 3.43. The predicted octanol–water partition coefficient (Wildman–Crippen LogP) is 3.37. The van der Waals surface area contributed by atoms with Gasteiger partial charge in [0, 0.05) is 11.6 Å². The number of furan rings is 1. The molecule has 5 heteroatoms. The molecule has 0 saturated carbocycles. The number of aromatic nitrogens is 2. The Balaban J connectivity index is 2.06. The van der Waals surface area contributed by atoms with E-state index in [0.29, 0.717) is 5.76 Å². The van der Waals surface area contributed by atoms with Gasteiger partial charge in [-0.2, -0.15) is 0 Å². The van der Waals surface area contributed by atoms with E-state index in [-0.39, 0.29) is 17.4 Å². The highest BCUT2D eigenvalue weighted by molar-refractivity contribution is 5.78. The molecule has 2 heterocycles. The second-order valence-electron chi connectivity index (χ2n) is 4.88. The van der Waals surface area contributed by atoms with E-state index < -0.39 is 0 Å². The maximum Gasteiger partial charge on any atom is 0.169 e. The fraction of sp³-hybridized carbons (Fsp3) is 0.250. The molecule has 0 saturated heterocycles. The fourth-order valence-corrected chi connectivity index (χ4v) is 2.30. The summed E-state index contributed by atoms with van der Waals surface area (Å²) in [7, 11) is 0. The van der Waals surface area contributed by atoms with E-state index in [4.69, 9.17) is 4.42 Å². The SMILES string of the molecule is CCNC(c1cnc(C)cn1)c1cc2cccc(F)c2o1. The second-order valence-corrected chi connectivity index (χ2v) is 4.88. The van der Waals surface area contributed by atoms with Gasteiger partial charge in [0.1, 0.15) is 11.8 Å². The van der Waals surface area contributed by atoms with Crippen molar-refractivity contribution in [3.8, 4) is 0 Å². The normalized spacial score (nSPS) is 12.7. The van der Waals surface area contributed by atoms with Crippen LogP contribution in [0.5, 0.6) is 0 Å². The summed E-state index contributed by atoms with van der Waals surface area (Å²) in [5, 5.41) is 4.04. The Labute approximate surface area is 122 Å². The number of nitrogens with zero attached hydrogens (tertiary/aromatic N) is 2. The third-order valence-corrected chi connectivity index (χ3v) is 3.30. The maximum atomic E-state index is 13.8. The lowest BCUT2D eigenvalue weighted by Gasteiger charge is -2.14. The fourth-order valence-electron chi connectivity index (χ4n) is 2.30. The molecule has 0 spiro atoms. The largest absolute Gasteiger partial charge is 0.456 e. The lowest BCUT2D eigenvalue weighted by atomic mass is 10.1. The van der Waals surface area contributed by atoms with E-state index >= 15 is 0 Å². The predicted molar refractivity (Wildman–Crippen MR) is 78.5 cm³/mol. The molecule has 1 aromatic carbocycles. The van der Waals surface area contributed by atoms with Crippen molar-refractivity contribution in [1.29, 1.82) is 0 Å². The average Bonchev–Trinajstić information content (AvgIpc) is 2.91.